The highest BCUT2D eigenvalue weighted by atomic mass is 16.7. The van der Waals surface area contributed by atoms with E-state index < -0.39 is 0 Å². The minimum atomic E-state index is 0.0416. The number of carbonyl (C=O) groups is 1. The molecule has 15 heavy (non-hydrogen) atoms. The van der Waals surface area contributed by atoms with Crippen molar-refractivity contribution in [2.24, 2.45) is 5.92 Å². The third-order valence-corrected chi connectivity index (χ3v) is 3.07. The van der Waals surface area contributed by atoms with Gasteiger partial charge in [-0.25, -0.2) is 0 Å². The van der Waals surface area contributed by atoms with Crippen LogP contribution in [0, 0.1) is 5.92 Å². The van der Waals surface area contributed by atoms with E-state index in [2.05, 4.69) is 10.8 Å². The van der Waals surface area contributed by atoms with E-state index >= 15 is 0 Å². The summed E-state index contributed by atoms with van der Waals surface area (Å²) in [5.41, 5.74) is 2.76. The van der Waals surface area contributed by atoms with Crippen LogP contribution in [0.3, 0.4) is 0 Å². The molecule has 2 aliphatic carbocycles. The second kappa shape index (κ2) is 5.47. The summed E-state index contributed by atoms with van der Waals surface area (Å²) >= 11 is 0. The van der Waals surface area contributed by atoms with Crippen LogP contribution >= 0.6 is 0 Å². The van der Waals surface area contributed by atoms with E-state index in [4.69, 9.17) is 4.84 Å². The van der Waals surface area contributed by atoms with Crippen LogP contribution in [0.2, 0.25) is 0 Å². The minimum absolute atomic E-state index is 0.0416. The number of hydrogen-bond acceptors (Lipinski definition) is 3. The third-order valence-electron chi connectivity index (χ3n) is 3.07. The van der Waals surface area contributed by atoms with Crippen LogP contribution in [0.15, 0.2) is 0 Å². The van der Waals surface area contributed by atoms with Crippen LogP contribution in [0.5, 0.6) is 0 Å². The Labute approximate surface area is 90.7 Å². The minimum Gasteiger partial charge on any atom is -0.355 e. The summed E-state index contributed by atoms with van der Waals surface area (Å²) in [6.07, 6.45) is 7.60. The molecule has 0 saturated heterocycles. The molecule has 0 aromatic heterocycles. The van der Waals surface area contributed by atoms with Crippen LogP contribution in [0.25, 0.3) is 0 Å². The fourth-order valence-corrected chi connectivity index (χ4v) is 1.87. The van der Waals surface area contributed by atoms with E-state index in [0.29, 0.717) is 6.10 Å². The van der Waals surface area contributed by atoms with Crippen molar-refractivity contribution < 1.29 is 9.63 Å². The van der Waals surface area contributed by atoms with Crippen LogP contribution in [-0.4, -0.2) is 25.1 Å². The summed E-state index contributed by atoms with van der Waals surface area (Å²) in [5.74, 6) is 0.782. The van der Waals surface area contributed by atoms with E-state index in [1.807, 2.05) is 0 Å². The molecule has 1 amide bonds. The molecule has 0 radical (unpaired) electrons. The van der Waals surface area contributed by atoms with Gasteiger partial charge in [0.15, 0.2) is 0 Å². The number of nitrogens with one attached hydrogen (secondary N) is 2. The summed E-state index contributed by atoms with van der Waals surface area (Å²) in [7, 11) is 0. The highest BCUT2D eigenvalue weighted by Crippen LogP contribution is 2.27. The zero-order chi connectivity index (χ0) is 10.5. The van der Waals surface area contributed by atoms with Gasteiger partial charge < -0.3 is 5.32 Å². The zero-order valence-corrected chi connectivity index (χ0v) is 9.13. The first-order chi connectivity index (χ1) is 7.34. The average Bonchev–Trinajstić information content (AvgIpc) is 2.92. The third kappa shape index (κ3) is 4.18. The van der Waals surface area contributed by atoms with Crippen molar-refractivity contribution >= 4 is 5.91 Å². The summed E-state index contributed by atoms with van der Waals surface area (Å²) < 4.78 is 0. The number of amides is 1. The summed E-state index contributed by atoms with van der Waals surface area (Å²) in [6.45, 7) is 1.12. The van der Waals surface area contributed by atoms with Gasteiger partial charge in [0.25, 0.3) is 0 Å². The van der Waals surface area contributed by atoms with Gasteiger partial charge >= 0.3 is 0 Å². The van der Waals surface area contributed by atoms with Gasteiger partial charge in [-0.15, -0.1) is 0 Å². The fraction of sp³-hybridized carbons (Fsp3) is 0.909. The van der Waals surface area contributed by atoms with E-state index in [1.54, 1.807) is 0 Å². The van der Waals surface area contributed by atoms with Gasteiger partial charge in [-0.05, 0) is 31.6 Å². The molecule has 2 fully saturated rings. The predicted octanol–water partition coefficient (Wildman–Crippen LogP) is 0.976. The Hall–Kier alpha value is -0.610. The average molecular weight is 212 g/mol. The molecule has 0 spiro atoms. The molecule has 4 heteroatoms. The van der Waals surface area contributed by atoms with Crippen molar-refractivity contribution in [2.75, 3.05) is 13.1 Å². The molecule has 86 valence electrons. The monoisotopic (exact) mass is 212 g/mol. The van der Waals surface area contributed by atoms with Gasteiger partial charge in [0, 0.05) is 6.54 Å². The van der Waals surface area contributed by atoms with E-state index in [-0.39, 0.29) is 12.5 Å². The molecule has 0 heterocycles. The summed E-state index contributed by atoms with van der Waals surface area (Å²) in [5, 5.41) is 2.89. The largest absolute Gasteiger partial charge is 0.355 e. The molecule has 0 bridgehead atoms. The number of carbonyl (C=O) groups excluding carboxylic acids is 1. The van der Waals surface area contributed by atoms with Crippen LogP contribution < -0.4 is 10.8 Å². The van der Waals surface area contributed by atoms with Gasteiger partial charge in [-0.1, -0.05) is 12.8 Å². The fourth-order valence-electron chi connectivity index (χ4n) is 1.87. The predicted molar refractivity (Wildman–Crippen MR) is 57.1 cm³/mol. The lowest BCUT2D eigenvalue weighted by molar-refractivity contribution is -0.124. The van der Waals surface area contributed by atoms with Crippen molar-refractivity contribution in [2.45, 2.75) is 44.6 Å². The van der Waals surface area contributed by atoms with Crippen LogP contribution in [-0.2, 0) is 9.63 Å². The Morgan fingerprint density at radius 2 is 1.93 bits per heavy atom. The van der Waals surface area contributed by atoms with Crippen LogP contribution in [0.1, 0.15) is 38.5 Å². The van der Waals surface area contributed by atoms with Gasteiger partial charge in [0.05, 0.1) is 12.6 Å². The van der Waals surface area contributed by atoms with E-state index in [0.717, 1.165) is 25.3 Å². The second-order valence-corrected chi connectivity index (χ2v) is 4.59. The standard InChI is InChI=1S/C11H20N2O2/c14-11(12-7-9-5-6-9)8-13-15-10-3-1-2-4-10/h9-10,13H,1-8H2,(H,12,14). The Morgan fingerprint density at radius 1 is 1.20 bits per heavy atom. The molecule has 0 atom stereocenters. The molecule has 2 aliphatic rings. The smallest absolute Gasteiger partial charge is 0.236 e. The molecule has 2 N–H and O–H groups in total. The SMILES string of the molecule is O=C(CNOC1CCCC1)NCC1CC1. The maximum Gasteiger partial charge on any atom is 0.236 e. The molecule has 0 aromatic rings. The molecule has 0 aliphatic heterocycles. The molecule has 0 aromatic carbocycles. The number of rotatable bonds is 6. The van der Waals surface area contributed by atoms with E-state index in [1.165, 1.54) is 25.7 Å². The molecule has 2 rings (SSSR count). The summed E-state index contributed by atoms with van der Waals surface area (Å²) in [4.78, 5) is 16.7. The maximum absolute atomic E-state index is 11.3. The lowest BCUT2D eigenvalue weighted by Gasteiger charge is -2.11. The number of hydroxylamine groups is 1. The van der Waals surface area contributed by atoms with Gasteiger partial charge in [-0.2, -0.15) is 5.48 Å². The first-order valence-electron chi connectivity index (χ1n) is 6.00. The lowest BCUT2D eigenvalue weighted by atomic mass is 10.3. The normalized spacial score (nSPS) is 21.9. The second-order valence-electron chi connectivity index (χ2n) is 4.59. The Bertz CT molecular complexity index is 211. The first kappa shape index (κ1) is 10.9. The van der Waals surface area contributed by atoms with Crippen LogP contribution in [0.4, 0.5) is 0 Å². The maximum atomic E-state index is 11.3. The molecular weight excluding hydrogens is 192 g/mol. The molecule has 4 nitrogen and oxygen atoms in total. The lowest BCUT2D eigenvalue weighted by Crippen LogP contribution is -2.36. The van der Waals surface area contributed by atoms with Gasteiger partial charge in [-0.3, -0.25) is 9.63 Å². The Balaban J connectivity index is 1.46. The quantitative estimate of drug-likeness (QED) is 0.645. The zero-order valence-electron chi connectivity index (χ0n) is 9.13. The van der Waals surface area contributed by atoms with Gasteiger partial charge in [0.2, 0.25) is 5.91 Å². The number of hydrogen-bond donors (Lipinski definition) is 2. The van der Waals surface area contributed by atoms with Crippen molar-refractivity contribution in [3.05, 3.63) is 0 Å². The summed E-state index contributed by atoms with van der Waals surface area (Å²) in [6, 6.07) is 0. The van der Waals surface area contributed by atoms with Crippen molar-refractivity contribution in [1.29, 1.82) is 0 Å². The Morgan fingerprint density at radius 3 is 2.60 bits per heavy atom. The molecule has 0 unspecified atom stereocenters. The first-order valence-corrected chi connectivity index (χ1v) is 6.00. The van der Waals surface area contributed by atoms with Crippen molar-refractivity contribution in [3.63, 3.8) is 0 Å². The Kier molecular flexibility index (Phi) is 3.97. The van der Waals surface area contributed by atoms with Crippen molar-refractivity contribution in [3.8, 4) is 0 Å². The van der Waals surface area contributed by atoms with Crippen molar-refractivity contribution in [1.82, 2.24) is 10.8 Å². The topological polar surface area (TPSA) is 50.4 Å². The molecule has 2 saturated carbocycles. The highest BCUT2D eigenvalue weighted by molar-refractivity contribution is 5.77. The molecular formula is C11H20N2O2. The highest BCUT2D eigenvalue weighted by Gasteiger charge is 2.21. The van der Waals surface area contributed by atoms with Gasteiger partial charge in [0.1, 0.15) is 0 Å². The van der Waals surface area contributed by atoms with E-state index in [9.17, 15) is 4.79 Å².